The van der Waals surface area contributed by atoms with Crippen molar-refractivity contribution in [3.63, 3.8) is 0 Å². The minimum absolute atomic E-state index is 0.0850. The van der Waals surface area contributed by atoms with Crippen LogP contribution < -0.4 is 10.6 Å². The predicted octanol–water partition coefficient (Wildman–Crippen LogP) is 4.88. The van der Waals surface area contributed by atoms with E-state index >= 15 is 0 Å². The van der Waals surface area contributed by atoms with Gasteiger partial charge in [-0.15, -0.1) is 5.10 Å². The van der Waals surface area contributed by atoms with Gasteiger partial charge in [-0.1, -0.05) is 30.3 Å². The summed E-state index contributed by atoms with van der Waals surface area (Å²) in [5.74, 6) is -0.635. The van der Waals surface area contributed by atoms with Crippen LogP contribution in [0.15, 0.2) is 78.9 Å². The molecule has 7 nitrogen and oxygen atoms in total. The molecule has 0 saturated carbocycles. The standard InChI is InChI=1S/C26H23FIN5O2/c1-26(2,31-23(34)19-10-14-21(28)15-11-19)24(35)30-25-29-22(18-8-12-20(27)13-9-18)33(32-25)16-17-6-4-3-5-7-17/h3-15H,16H2,1-2H3,(H,31,34)(H,30,32,35). The summed E-state index contributed by atoms with van der Waals surface area (Å²) in [6.45, 7) is 3.62. The van der Waals surface area contributed by atoms with E-state index < -0.39 is 11.4 Å². The van der Waals surface area contributed by atoms with Crippen LogP contribution in [0.5, 0.6) is 0 Å². The Bertz CT molecular complexity index is 1340. The van der Waals surface area contributed by atoms with Crippen molar-refractivity contribution in [1.82, 2.24) is 20.1 Å². The Kier molecular flexibility index (Phi) is 7.25. The number of rotatable bonds is 7. The highest BCUT2D eigenvalue weighted by molar-refractivity contribution is 14.1. The third kappa shape index (κ3) is 6.10. The van der Waals surface area contributed by atoms with Crippen LogP contribution in [-0.4, -0.2) is 32.1 Å². The molecule has 2 N–H and O–H groups in total. The Labute approximate surface area is 215 Å². The first kappa shape index (κ1) is 24.5. The van der Waals surface area contributed by atoms with Gasteiger partial charge in [-0.05, 0) is 90.5 Å². The summed E-state index contributed by atoms with van der Waals surface area (Å²) in [6.07, 6.45) is 0. The summed E-state index contributed by atoms with van der Waals surface area (Å²) in [5, 5.41) is 9.93. The van der Waals surface area contributed by atoms with Crippen LogP contribution in [0.1, 0.15) is 29.8 Å². The second-order valence-corrected chi connectivity index (χ2v) is 9.69. The number of halogens is 2. The van der Waals surface area contributed by atoms with Gasteiger partial charge in [0.2, 0.25) is 5.95 Å². The van der Waals surface area contributed by atoms with Crippen LogP contribution >= 0.6 is 22.6 Å². The third-order valence-electron chi connectivity index (χ3n) is 5.27. The molecule has 0 bridgehead atoms. The normalized spacial score (nSPS) is 11.2. The molecule has 0 saturated heterocycles. The maximum atomic E-state index is 13.5. The van der Waals surface area contributed by atoms with Gasteiger partial charge < -0.3 is 5.32 Å². The van der Waals surface area contributed by atoms with Crippen molar-refractivity contribution >= 4 is 40.4 Å². The minimum Gasteiger partial charge on any atom is -0.338 e. The van der Waals surface area contributed by atoms with Gasteiger partial charge in [-0.25, -0.2) is 9.07 Å². The first-order valence-corrected chi connectivity index (χ1v) is 11.9. The van der Waals surface area contributed by atoms with Crippen molar-refractivity contribution < 1.29 is 14.0 Å². The first-order chi connectivity index (χ1) is 16.7. The average molecular weight is 583 g/mol. The maximum Gasteiger partial charge on any atom is 0.252 e. The SMILES string of the molecule is CC(C)(NC(=O)c1ccc(I)cc1)C(=O)Nc1nc(-c2ccc(F)cc2)n(Cc2ccccc2)n1. The monoisotopic (exact) mass is 583 g/mol. The van der Waals surface area contributed by atoms with Crippen LogP contribution in [0.2, 0.25) is 0 Å². The van der Waals surface area contributed by atoms with Gasteiger partial charge in [-0.2, -0.15) is 4.98 Å². The highest BCUT2D eigenvalue weighted by Gasteiger charge is 2.31. The summed E-state index contributed by atoms with van der Waals surface area (Å²) in [7, 11) is 0. The fourth-order valence-electron chi connectivity index (χ4n) is 3.35. The zero-order chi connectivity index (χ0) is 25.0. The number of anilines is 1. The Hall–Kier alpha value is -3.60. The van der Waals surface area contributed by atoms with Crippen molar-refractivity contribution in [2.75, 3.05) is 5.32 Å². The highest BCUT2D eigenvalue weighted by atomic mass is 127. The highest BCUT2D eigenvalue weighted by Crippen LogP contribution is 2.21. The van der Waals surface area contributed by atoms with Gasteiger partial charge >= 0.3 is 0 Å². The smallest absolute Gasteiger partial charge is 0.252 e. The number of hydrogen-bond donors (Lipinski definition) is 2. The molecule has 0 aliphatic rings. The summed E-state index contributed by atoms with van der Waals surface area (Å²) in [6, 6.07) is 22.6. The number of hydrogen-bond acceptors (Lipinski definition) is 4. The Morgan fingerprint density at radius 3 is 2.29 bits per heavy atom. The molecule has 0 unspecified atom stereocenters. The zero-order valence-electron chi connectivity index (χ0n) is 19.1. The Morgan fingerprint density at radius 1 is 0.971 bits per heavy atom. The van der Waals surface area contributed by atoms with Crippen LogP contribution in [0.25, 0.3) is 11.4 Å². The van der Waals surface area contributed by atoms with Gasteiger partial charge in [0, 0.05) is 14.7 Å². The van der Waals surface area contributed by atoms with Crippen LogP contribution in [0, 0.1) is 9.39 Å². The van der Waals surface area contributed by atoms with E-state index in [1.165, 1.54) is 12.1 Å². The van der Waals surface area contributed by atoms with Crippen molar-refractivity contribution in [3.05, 3.63) is 99.4 Å². The molecular weight excluding hydrogens is 560 g/mol. The zero-order valence-corrected chi connectivity index (χ0v) is 21.3. The molecule has 178 valence electrons. The molecule has 4 rings (SSSR count). The first-order valence-electron chi connectivity index (χ1n) is 10.9. The fraction of sp³-hybridized carbons (Fsp3) is 0.154. The predicted molar refractivity (Wildman–Crippen MR) is 140 cm³/mol. The van der Waals surface area contributed by atoms with E-state index in [4.69, 9.17) is 0 Å². The van der Waals surface area contributed by atoms with E-state index in [0.717, 1.165) is 9.13 Å². The lowest BCUT2D eigenvalue weighted by molar-refractivity contribution is -0.121. The lowest BCUT2D eigenvalue weighted by atomic mass is 10.0. The van der Waals surface area contributed by atoms with Crippen LogP contribution in [0.3, 0.4) is 0 Å². The van der Waals surface area contributed by atoms with E-state index in [1.807, 2.05) is 42.5 Å². The maximum absolute atomic E-state index is 13.5. The molecule has 0 spiro atoms. The summed E-state index contributed by atoms with van der Waals surface area (Å²) in [4.78, 5) is 30.2. The lowest BCUT2D eigenvalue weighted by Gasteiger charge is -2.24. The molecule has 2 amide bonds. The number of nitrogens with one attached hydrogen (secondary N) is 2. The molecule has 0 aliphatic carbocycles. The van der Waals surface area contributed by atoms with Crippen molar-refractivity contribution in [2.45, 2.75) is 25.9 Å². The van der Waals surface area contributed by atoms with Crippen LogP contribution in [0.4, 0.5) is 10.3 Å². The number of aromatic nitrogens is 3. The van der Waals surface area contributed by atoms with E-state index in [1.54, 1.807) is 42.8 Å². The van der Waals surface area contributed by atoms with Gasteiger partial charge in [0.1, 0.15) is 11.4 Å². The summed E-state index contributed by atoms with van der Waals surface area (Å²) >= 11 is 2.16. The molecule has 0 fully saturated rings. The molecule has 0 atom stereocenters. The lowest BCUT2D eigenvalue weighted by Crippen LogP contribution is -2.52. The van der Waals surface area contributed by atoms with Crippen molar-refractivity contribution in [3.8, 4) is 11.4 Å². The second kappa shape index (κ2) is 10.3. The van der Waals surface area contributed by atoms with Gasteiger partial charge in [0.05, 0.1) is 6.54 Å². The number of nitrogens with zero attached hydrogens (tertiary/aromatic N) is 3. The molecule has 35 heavy (non-hydrogen) atoms. The number of carbonyl (C=O) groups excluding carboxylic acids is 2. The molecule has 0 aliphatic heterocycles. The Balaban J connectivity index is 1.56. The third-order valence-corrected chi connectivity index (χ3v) is 5.99. The van der Waals surface area contributed by atoms with Gasteiger partial charge in [0.15, 0.2) is 5.82 Å². The topological polar surface area (TPSA) is 88.9 Å². The van der Waals surface area contributed by atoms with E-state index in [2.05, 4.69) is 43.3 Å². The molecule has 0 radical (unpaired) electrons. The van der Waals surface area contributed by atoms with Gasteiger partial charge in [0.25, 0.3) is 11.8 Å². The van der Waals surface area contributed by atoms with Crippen molar-refractivity contribution in [2.24, 2.45) is 0 Å². The fourth-order valence-corrected chi connectivity index (χ4v) is 3.71. The Morgan fingerprint density at radius 2 is 1.63 bits per heavy atom. The van der Waals surface area contributed by atoms with E-state index in [0.29, 0.717) is 23.5 Å². The minimum atomic E-state index is -1.24. The quantitative estimate of drug-likeness (QED) is 0.304. The molecule has 1 aromatic heterocycles. The van der Waals surface area contributed by atoms with Gasteiger partial charge in [-0.3, -0.25) is 14.9 Å². The number of amides is 2. The van der Waals surface area contributed by atoms with E-state index in [-0.39, 0.29) is 17.7 Å². The molecular formula is C26H23FIN5O2. The number of carbonyl (C=O) groups is 2. The molecule has 3 aromatic carbocycles. The largest absolute Gasteiger partial charge is 0.338 e. The van der Waals surface area contributed by atoms with E-state index in [9.17, 15) is 14.0 Å². The molecule has 9 heteroatoms. The summed E-state index contributed by atoms with van der Waals surface area (Å²) < 4.78 is 16.1. The molecule has 1 heterocycles. The average Bonchev–Trinajstić information content (AvgIpc) is 3.22. The number of benzene rings is 3. The summed E-state index contributed by atoms with van der Waals surface area (Å²) in [5.41, 5.74) is 0.863. The van der Waals surface area contributed by atoms with Crippen molar-refractivity contribution in [1.29, 1.82) is 0 Å². The second-order valence-electron chi connectivity index (χ2n) is 8.45. The van der Waals surface area contributed by atoms with Crippen LogP contribution in [-0.2, 0) is 11.3 Å². The molecule has 4 aromatic rings.